The van der Waals surface area contributed by atoms with Crippen molar-refractivity contribution in [3.05, 3.63) is 41.9 Å². The smallest absolute Gasteiger partial charge is 0.387 e. The molecular weight excluding hydrogens is 270 g/mol. The van der Waals surface area contributed by atoms with E-state index in [1.807, 2.05) is 0 Å². The lowest BCUT2D eigenvalue weighted by Gasteiger charge is -2.06. The minimum atomic E-state index is -4.49. The molecule has 0 aliphatic heterocycles. The molecule has 0 saturated carbocycles. The molecule has 8 heteroatoms. The number of alkyl halides is 3. The highest BCUT2D eigenvalue weighted by atomic mass is 32.2. The molecule has 0 N–H and O–H groups in total. The number of benzene rings is 1. The van der Waals surface area contributed by atoms with E-state index in [9.17, 15) is 26.3 Å². The molecule has 0 amide bonds. The average Bonchev–Trinajstić information content (AvgIpc) is 2.25. The predicted octanol–water partition coefficient (Wildman–Crippen LogP) is 4.76. The first-order valence-electron chi connectivity index (χ1n) is 4.03. The van der Waals surface area contributed by atoms with E-state index in [0.717, 1.165) is 24.3 Å². The van der Waals surface area contributed by atoms with Crippen LogP contribution < -0.4 is 0 Å². The Labute approximate surface area is 96.3 Å². The Kier molecular flexibility index (Phi) is 4.33. The molecule has 0 aliphatic rings. The highest BCUT2D eigenvalue weighted by Crippen LogP contribution is 2.31. The van der Waals surface area contributed by atoms with Crippen LogP contribution in [0.1, 0.15) is 5.56 Å². The summed E-state index contributed by atoms with van der Waals surface area (Å²) in [5.41, 5.74) is -0.894. The molecule has 94 valence electrons. The second-order valence-electron chi connectivity index (χ2n) is 2.72. The maximum absolute atomic E-state index is 12.2. The highest BCUT2D eigenvalue weighted by Gasteiger charge is 2.30. The molecule has 0 saturated heterocycles. The van der Waals surface area contributed by atoms with Gasteiger partial charge in [-0.05, 0) is 24.3 Å². The molecule has 0 spiro atoms. The molecule has 1 aromatic rings. The van der Waals surface area contributed by atoms with Gasteiger partial charge in [0, 0.05) is 4.90 Å². The molecular formula is C9H4F6OS. The third-order valence-corrected chi connectivity index (χ3v) is 2.24. The Morgan fingerprint density at radius 1 is 1.00 bits per heavy atom. The first kappa shape index (κ1) is 13.8. The van der Waals surface area contributed by atoms with Gasteiger partial charge in [0.1, 0.15) is 0 Å². The van der Waals surface area contributed by atoms with Crippen molar-refractivity contribution >= 4 is 12.0 Å². The zero-order chi connectivity index (χ0) is 13.1. The van der Waals surface area contributed by atoms with Crippen LogP contribution in [-0.4, -0.2) is 0 Å². The van der Waals surface area contributed by atoms with Crippen molar-refractivity contribution in [1.82, 2.24) is 0 Å². The first-order chi connectivity index (χ1) is 7.80. The highest BCUT2D eigenvalue weighted by molar-refractivity contribution is 7.94. The van der Waals surface area contributed by atoms with Crippen molar-refractivity contribution in [2.45, 2.75) is 11.1 Å². The second kappa shape index (κ2) is 5.35. The standard InChI is InChI=1S/C9H4F6OS/c10-7(11)8(12)16-17-6-3-1-5(2-4-6)9(13,14)15/h1-4H. The van der Waals surface area contributed by atoms with Gasteiger partial charge in [-0.3, -0.25) is 0 Å². The Morgan fingerprint density at radius 3 is 1.94 bits per heavy atom. The van der Waals surface area contributed by atoms with E-state index in [2.05, 4.69) is 4.18 Å². The number of halogens is 6. The van der Waals surface area contributed by atoms with Crippen molar-refractivity contribution in [3.63, 3.8) is 0 Å². The van der Waals surface area contributed by atoms with Gasteiger partial charge in [-0.15, -0.1) is 0 Å². The van der Waals surface area contributed by atoms with E-state index in [0.29, 0.717) is 0 Å². The van der Waals surface area contributed by atoms with Crippen molar-refractivity contribution < 1.29 is 30.5 Å². The third kappa shape index (κ3) is 4.22. The normalized spacial score (nSPS) is 11.2. The third-order valence-electron chi connectivity index (χ3n) is 1.54. The Bertz CT molecular complexity index is 406. The van der Waals surface area contributed by atoms with E-state index < -0.39 is 23.8 Å². The molecule has 0 fully saturated rings. The zero-order valence-electron chi connectivity index (χ0n) is 7.89. The Morgan fingerprint density at radius 2 is 1.53 bits per heavy atom. The number of rotatable bonds is 3. The van der Waals surface area contributed by atoms with Crippen LogP contribution in [-0.2, 0) is 10.4 Å². The van der Waals surface area contributed by atoms with Crippen LogP contribution in [0.5, 0.6) is 0 Å². The molecule has 0 atom stereocenters. The van der Waals surface area contributed by atoms with Gasteiger partial charge in [0.05, 0.1) is 17.6 Å². The average molecular weight is 274 g/mol. The zero-order valence-corrected chi connectivity index (χ0v) is 8.71. The molecule has 1 nitrogen and oxygen atoms in total. The summed E-state index contributed by atoms with van der Waals surface area (Å²) in [4.78, 5) is 0.0643. The molecule has 0 aliphatic carbocycles. The van der Waals surface area contributed by atoms with Gasteiger partial charge < -0.3 is 4.18 Å². The molecule has 17 heavy (non-hydrogen) atoms. The quantitative estimate of drug-likeness (QED) is 0.446. The summed E-state index contributed by atoms with van der Waals surface area (Å²) < 4.78 is 75.6. The van der Waals surface area contributed by atoms with Gasteiger partial charge in [0.25, 0.3) is 0 Å². The summed E-state index contributed by atoms with van der Waals surface area (Å²) in [5, 5.41) is 0. The molecule has 1 rings (SSSR count). The molecule has 0 radical (unpaired) electrons. The van der Waals surface area contributed by atoms with Crippen molar-refractivity contribution in [2.75, 3.05) is 0 Å². The van der Waals surface area contributed by atoms with Gasteiger partial charge >= 0.3 is 18.3 Å². The van der Waals surface area contributed by atoms with Crippen LogP contribution in [0.3, 0.4) is 0 Å². The van der Waals surface area contributed by atoms with Crippen LogP contribution in [0, 0.1) is 0 Å². The minimum absolute atomic E-state index is 0.0643. The van der Waals surface area contributed by atoms with E-state index in [4.69, 9.17) is 0 Å². The summed E-state index contributed by atoms with van der Waals surface area (Å²) in [5.74, 6) is 0. The number of hydrogen-bond acceptors (Lipinski definition) is 2. The van der Waals surface area contributed by atoms with Gasteiger partial charge in [-0.25, -0.2) is 0 Å². The Balaban J connectivity index is 2.67. The van der Waals surface area contributed by atoms with Crippen LogP contribution in [0.4, 0.5) is 26.3 Å². The number of hydrogen-bond donors (Lipinski definition) is 0. The maximum Gasteiger partial charge on any atom is 0.416 e. The summed E-state index contributed by atoms with van der Waals surface area (Å²) in [6.45, 7) is 0. The van der Waals surface area contributed by atoms with Crippen molar-refractivity contribution in [3.8, 4) is 0 Å². The van der Waals surface area contributed by atoms with Crippen LogP contribution in [0.25, 0.3) is 0 Å². The van der Waals surface area contributed by atoms with E-state index in [1.165, 1.54) is 0 Å². The van der Waals surface area contributed by atoms with E-state index >= 15 is 0 Å². The Hall–Kier alpha value is -1.31. The fourth-order valence-electron chi connectivity index (χ4n) is 0.816. The largest absolute Gasteiger partial charge is 0.416 e. The lowest BCUT2D eigenvalue weighted by atomic mass is 10.2. The lowest BCUT2D eigenvalue weighted by molar-refractivity contribution is -0.137. The van der Waals surface area contributed by atoms with Gasteiger partial charge in [0.2, 0.25) is 0 Å². The molecule has 0 bridgehead atoms. The molecule has 0 unspecified atom stereocenters. The van der Waals surface area contributed by atoms with Gasteiger partial charge in [-0.1, -0.05) is 0 Å². The summed E-state index contributed by atoms with van der Waals surface area (Å²) in [7, 11) is 0. The lowest BCUT2D eigenvalue weighted by Crippen LogP contribution is -2.03. The molecule has 1 aromatic carbocycles. The minimum Gasteiger partial charge on any atom is -0.387 e. The summed E-state index contributed by atoms with van der Waals surface area (Å²) in [6, 6.07) is 1.36. The fraction of sp³-hybridized carbons (Fsp3) is 0.111. The second-order valence-corrected chi connectivity index (χ2v) is 3.53. The van der Waals surface area contributed by atoms with Crippen molar-refractivity contribution in [1.29, 1.82) is 0 Å². The fourth-order valence-corrected chi connectivity index (χ4v) is 1.30. The van der Waals surface area contributed by atoms with Crippen molar-refractivity contribution in [2.24, 2.45) is 0 Å². The van der Waals surface area contributed by atoms with Gasteiger partial charge in [-0.2, -0.15) is 26.3 Å². The topological polar surface area (TPSA) is 9.23 Å². The van der Waals surface area contributed by atoms with E-state index in [1.54, 1.807) is 0 Å². The summed E-state index contributed by atoms with van der Waals surface area (Å²) in [6.07, 6.45) is -7.12. The van der Waals surface area contributed by atoms with Crippen LogP contribution >= 0.6 is 12.0 Å². The monoisotopic (exact) mass is 274 g/mol. The van der Waals surface area contributed by atoms with E-state index in [-0.39, 0.29) is 16.9 Å². The SMILES string of the molecule is FC(F)=C(F)OSc1ccc(C(F)(F)F)cc1. The van der Waals surface area contributed by atoms with Crippen LogP contribution in [0.15, 0.2) is 41.3 Å². The molecule has 0 heterocycles. The van der Waals surface area contributed by atoms with Gasteiger partial charge in [0.15, 0.2) is 0 Å². The van der Waals surface area contributed by atoms with Crippen LogP contribution in [0.2, 0.25) is 0 Å². The maximum atomic E-state index is 12.2. The predicted molar refractivity (Wildman–Crippen MR) is 48.7 cm³/mol. The molecule has 0 aromatic heterocycles. The summed E-state index contributed by atoms with van der Waals surface area (Å²) >= 11 is 0.196. The first-order valence-corrected chi connectivity index (χ1v) is 4.77.